The normalized spacial score (nSPS) is 11.4. The molecule has 0 saturated carbocycles. The van der Waals surface area contributed by atoms with Crippen LogP contribution >= 0.6 is 23.4 Å². The Morgan fingerprint density at radius 3 is 2.92 bits per heavy atom. The first-order valence-corrected chi connectivity index (χ1v) is 9.50. The molecule has 0 aliphatic carbocycles. The van der Waals surface area contributed by atoms with Gasteiger partial charge in [-0.3, -0.25) is 0 Å². The predicted octanol–water partition coefficient (Wildman–Crippen LogP) is 4.71. The summed E-state index contributed by atoms with van der Waals surface area (Å²) in [5, 5.41) is 14.0. The molecule has 0 atom stereocenters. The quantitative estimate of drug-likeness (QED) is 0.431. The third-order valence-electron chi connectivity index (χ3n) is 3.61. The molecule has 6 nitrogen and oxygen atoms in total. The summed E-state index contributed by atoms with van der Waals surface area (Å²) in [5.74, 6) is 3.70. The maximum absolute atomic E-state index is 6.10. The molecule has 8 heteroatoms. The van der Waals surface area contributed by atoms with E-state index in [2.05, 4.69) is 22.2 Å². The van der Waals surface area contributed by atoms with Crippen molar-refractivity contribution in [1.82, 2.24) is 14.9 Å². The second-order valence-corrected chi connectivity index (χ2v) is 7.11. The van der Waals surface area contributed by atoms with Gasteiger partial charge in [0.2, 0.25) is 5.16 Å². The number of halogens is 1. The molecule has 1 aromatic carbocycles. The maximum Gasteiger partial charge on any atom is 0.212 e. The predicted molar refractivity (Wildman–Crippen MR) is 103 cm³/mol. The molecule has 0 spiro atoms. The van der Waals surface area contributed by atoms with Crippen LogP contribution in [-0.2, 0) is 6.61 Å². The summed E-state index contributed by atoms with van der Waals surface area (Å²) < 4.78 is 13.2. The zero-order chi connectivity index (χ0) is 18.5. The molecule has 2 heterocycles. The lowest BCUT2D eigenvalue weighted by Crippen LogP contribution is -1.96. The monoisotopic (exact) mass is 390 g/mol. The lowest BCUT2D eigenvalue weighted by Gasteiger charge is -2.08. The molecule has 0 aliphatic rings. The number of ether oxygens (including phenoxy) is 1. The molecular weight excluding hydrogens is 372 g/mol. The highest BCUT2D eigenvalue weighted by Gasteiger charge is 2.08. The summed E-state index contributed by atoms with van der Waals surface area (Å²) in [6, 6.07) is 9.29. The first-order valence-electron chi connectivity index (χ1n) is 8.14. The highest BCUT2D eigenvalue weighted by Crippen LogP contribution is 2.26. The van der Waals surface area contributed by atoms with Gasteiger partial charge in [-0.05, 0) is 43.9 Å². The molecule has 3 rings (SSSR count). The van der Waals surface area contributed by atoms with Gasteiger partial charge in [0.25, 0.3) is 0 Å². The summed E-state index contributed by atoms with van der Waals surface area (Å²) in [5.41, 5.74) is 0.909. The van der Waals surface area contributed by atoms with Crippen LogP contribution in [0.25, 0.3) is 0 Å². The number of furan rings is 1. The maximum atomic E-state index is 6.10. The Kier molecular flexibility index (Phi) is 6.00. The molecule has 0 amide bonds. The van der Waals surface area contributed by atoms with E-state index in [1.54, 1.807) is 22.7 Å². The summed E-state index contributed by atoms with van der Waals surface area (Å²) >= 11 is 7.69. The van der Waals surface area contributed by atoms with Gasteiger partial charge in [-0.1, -0.05) is 36.4 Å². The van der Waals surface area contributed by atoms with Gasteiger partial charge in [0, 0.05) is 10.6 Å². The fourth-order valence-electron chi connectivity index (χ4n) is 2.24. The first kappa shape index (κ1) is 18.5. The van der Waals surface area contributed by atoms with E-state index in [0.717, 1.165) is 28.0 Å². The summed E-state index contributed by atoms with van der Waals surface area (Å²) in [6.45, 7) is 6.16. The van der Waals surface area contributed by atoms with Gasteiger partial charge in [0.1, 0.15) is 23.9 Å². The van der Waals surface area contributed by atoms with E-state index >= 15 is 0 Å². The largest absolute Gasteiger partial charge is 0.485 e. The minimum absolute atomic E-state index is 0.317. The van der Waals surface area contributed by atoms with Gasteiger partial charge in [0.05, 0.1) is 6.21 Å². The Bertz CT molecular complexity index is 920. The van der Waals surface area contributed by atoms with Crippen LogP contribution in [0.1, 0.15) is 29.8 Å². The second kappa shape index (κ2) is 8.42. The zero-order valence-corrected chi connectivity index (χ0v) is 16.3. The molecule has 136 valence electrons. The molecule has 0 radical (unpaired) electrons. The molecule has 0 N–H and O–H groups in total. The van der Waals surface area contributed by atoms with E-state index < -0.39 is 0 Å². The minimum Gasteiger partial charge on any atom is -0.485 e. The van der Waals surface area contributed by atoms with Crippen LogP contribution in [0.15, 0.2) is 45.0 Å². The summed E-state index contributed by atoms with van der Waals surface area (Å²) in [6.07, 6.45) is 1.64. The van der Waals surface area contributed by atoms with Gasteiger partial charge in [-0.2, -0.15) is 9.78 Å². The molecule has 0 fully saturated rings. The van der Waals surface area contributed by atoms with Crippen molar-refractivity contribution in [3.05, 3.63) is 58.3 Å². The molecule has 0 unspecified atom stereocenters. The zero-order valence-electron chi connectivity index (χ0n) is 14.8. The van der Waals surface area contributed by atoms with Crippen LogP contribution in [0.5, 0.6) is 5.75 Å². The Labute approximate surface area is 161 Å². The highest BCUT2D eigenvalue weighted by atomic mass is 35.5. The fourth-order valence-corrected chi connectivity index (χ4v) is 3.06. The number of benzene rings is 1. The van der Waals surface area contributed by atoms with Gasteiger partial charge >= 0.3 is 0 Å². The number of hydrogen-bond donors (Lipinski definition) is 0. The van der Waals surface area contributed by atoms with E-state index in [1.165, 1.54) is 0 Å². The van der Waals surface area contributed by atoms with Crippen LogP contribution in [-0.4, -0.2) is 26.8 Å². The molecule has 26 heavy (non-hydrogen) atoms. The Morgan fingerprint density at radius 1 is 1.27 bits per heavy atom. The van der Waals surface area contributed by atoms with Gasteiger partial charge in [-0.15, -0.1) is 10.2 Å². The van der Waals surface area contributed by atoms with E-state index in [4.69, 9.17) is 20.8 Å². The Hall–Kier alpha value is -2.25. The Morgan fingerprint density at radius 2 is 2.12 bits per heavy atom. The topological polar surface area (TPSA) is 65.4 Å². The summed E-state index contributed by atoms with van der Waals surface area (Å²) in [7, 11) is 0. The van der Waals surface area contributed by atoms with E-state index in [1.807, 2.05) is 44.2 Å². The first-order chi connectivity index (χ1) is 12.6. The van der Waals surface area contributed by atoms with Crippen molar-refractivity contribution in [1.29, 1.82) is 0 Å². The van der Waals surface area contributed by atoms with Crippen LogP contribution in [0, 0.1) is 13.8 Å². The number of hydrogen-bond acceptors (Lipinski definition) is 6. The molecule has 0 aliphatic heterocycles. The second-order valence-electron chi connectivity index (χ2n) is 5.47. The number of rotatable bonds is 7. The summed E-state index contributed by atoms with van der Waals surface area (Å²) in [4.78, 5) is 0. The lowest BCUT2D eigenvalue weighted by atomic mass is 10.2. The van der Waals surface area contributed by atoms with Gasteiger partial charge in [-0.25, -0.2) is 0 Å². The van der Waals surface area contributed by atoms with Gasteiger partial charge < -0.3 is 9.15 Å². The van der Waals surface area contributed by atoms with Crippen molar-refractivity contribution in [3.8, 4) is 5.75 Å². The average Bonchev–Trinajstić information content (AvgIpc) is 3.22. The third-order valence-corrected chi connectivity index (χ3v) is 4.82. The van der Waals surface area contributed by atoms with E-state index in [9.17, 15) is 0 Å². The van der Waals surface area contributed by atoms with Crippen LogP contribution in [0.4, 0.5) is 0 Å². The van der Waals surface area contributed by atoms with Crippen molar-refractivity contribution >= 4 is 29.6 Å². The molecule has 0 saturated heterocycles. The number of thioether (sulfide) groups is 1. The van der Waals surface area contributed by atoms with Crippen molar-refractivity contribution in [2.24, 2.45) is 5.10 Å². The van der Waals surface area contributed by atoms with Crippen molar-refractivity contribution in [2.45, 2.75) is 32.5 Å². The number of aryl methyl sites for hydroxylation is 1. The van der Waals surface area contributed by atoms with Crippen LogP contribution in [0.2, 0.25) is 5.02 Å². The van der Waals surface area contributed by atoms with E-state index in [-0.39, 0.29) is 0 Å². The molecular formula is C18H19ClN4O2S. The Balaban J connectivity index is 1.67. The number of aromatic nitrogens is 3. The third kappa shape index (κ3) is 4.28. The SMILES string of the molecule is CCSc1nnc(C)n1/N=C\c1ccc(COc2cccc(Cl)c2C)o1. The number of nitrogens with zero attached hydrogens (tertiary/aromatic N) is 4. The van der Waals surface area contributed by atoms with Crippen molar-refractivity contribution < 1.29 is 9.15 Å². The van der Waals surface area contributed by atoms with Gasteiger partial charge in [0.15, 0.2) is 5.82 Å². The average molecular weight is 391 g/mol. The molecule has 2 aromatic heterocycles. The van der Waals surface area contributed by atoms with Crippen LogP contribution in [0.3, 0.4) is 0 Å². The lowest BCUT2D eigenvalue weighted by molar-refractivity contribution is 0.268. The van der Waals surface area contributed by atoms with E-state index in [0.29, 0.717) is 23.2 Å². The fraction of sp³-hybridized carbons (Fsp3) is 0.278. The van der Waals surface area contributed by atoms with Crippen molar-refractivity contribution in [2.75, 3.05) is 5.75 Å². The smallest absolute Gasteiger partial charge is 0.212 e. The molecule has 0 bridgehead atoms. The minimum atomic E-state index is 0.317. The molecule has 3 aromatic rings. The van der Waals surface area contributed by atoms with Crippen LogP contribution < -0.4 is 4.74 Å². The standard InChI is InChI=1S/C18H19ClN4O2S/c1-4-26-18-22-21-13(3)23(18)20-10-14-8-9-15(25-14)11-24-17-7-5-6-16(19)12(17)2/h5-10H,4,11H2,1-3H3/b20-10-. The highest BCUT2D eigenvalue weighted by molar-refractivity contribution is 7.99. The van der Waals surface area contributed by atoms with Crippen molar-refractivity contribution in [3.63, 3.8) is 0 Å².